The maximum atomic E-state index is 3.31. The van der Waals surface area contributed by atoms with Crippen molar-refractivity contribution in [2.24, 2.45) is 0 Å². The van der Waals surface area contributed by atoms with Gasteiger partial charge in [0.2, 0.25) is 0 Å². The zero-order valence-electron chi connectivity index (χ0n) is 12.1. The van der Waals surface area contributed by atoms with Gasteiger partial charge in [0.15, 0.2) is 0 Å². The van der Waals surface area contributed by atoms with Crippen molar-refractivity contribution in [3.63, 3.8) is 0 Å². The molecule has 0 heterocycles. The first-order valence-electron chi connectivity index (χ1n) is 7.00. The number of likely N-dealkylation sites (N-methyl/N-ethyl adjacent to an activating group) is 1. The van der Waals surface area contributed by atoms with Gasteiger partial charge in [0.05, 0.1) is 0 Å². The van der Waals surface area contributed by atoms with Crippen LogP contribution in [0.25, 0.3) is 5.57 Å². The van der Waals surface area contributed by atoms with Gasteiger partial charge in [0.25, 0.3) is 0 Å². The summed E-state index contributed by atoms with van der Waals surface area (Å²) in [6.45, 7) is 6.23. The van der Waals surface area contributed by atoms with Gasteiger partial charge in [-0.2, -0.15) is 0 Å². The SMILES string of the molecule is CCNCC=C(C)c1ccc(Sc2ccccc2)cc1. The van der Waals surface area contributed by atoms with E-state index in [2.05, 4.69) is 73.8 Å². The van der Waals surface area contributed by atoms with Crippen molar-refractivity contribution >= 4 is 17.3 Å². The molecule has 0 aromatic heterocycles. The highest BCUT2D eigenvalue weighted by molar-refractivity contribution is 7.99. The van der Waals surface area contributed by atoms with Crippen LogP contribution in [-0.4, -0.2) is 13.1 Å². The highest BCUT2D eigenvalue weighted by Gasteiger charge is 1.99. The van der Waals surface area contributed by atoms with Crippen LogP contribution in [0.1, 0.15) is 19.4 Å². The van der Waals surface area contributed by atoms with Crippen LogP contribution in [-0.2, 0) is 0 Å². The lowest BCUT2D eigenvalue weighted by molar-refractivity contribution is 0.800. The largest absolute Gasteiger partial charge is 0.314 e. The van der Waals surface area contributed by atoms with Crippen LogP contribution in [0, 0.1) is 0 Å². The first-order valence-corrected chi connectivity index (χ1v) is 7.82. The van der Waals surface area contributed by atoms with E-state index >= 15 is 0 Å². The first-order chi connectivity index (χ1) is 9.79. The standard InChI is InChI=1S/C18H21NS/c1-3-19-14-13-15(2)16-9-11-18(12-10-16)20-17-7-5-4-6-8-17/h4-13,19H,3,14H2,1-2H3. The zero-order chi connectivity index (χ0) is 14.2. The molecule has 0 unspecified atom stereocenters. The average Bonchev–Trinajstić information content (AvgIpc) is 2.49. The molecule has 0 saturated heterocycles. The van der Waals surface area contributed by atoms with Gasteiger partial charge in [-0.05, 0) is 48.9 Å². The van der Waals surface area contributed by atoms with Gasteiger partial charge in [-0.1, -0.05) is 55.1 Å². The Morgan fingerprint density at radius 1 is 1.00 bits per heavy atom. The monoisotopic (exact) mass is 283 g/mol. The topological polar surface area (TPSA) is 12.0 Å². The molecule has 0 bridgehead atoms. The quantitative estimate of drug-likeness (QED) is 0.761. The molecule has 104 valence electrons. The molecule has 0 aliphatic rings. The van der Waals surface area contributed by atoms with Gasteiger partial charge >= 0.3 is 0 Å². The number of rotatable bonds is 6. The summed E-state index contributed by atoms with van der Waals surface area (Å²) in [7, 11) is 0. The van der Waals surface area contributed by atoms with Crippen LogP contribution in [0.2, 0.25) is 0 Å². The van der Waals surface area contributed by atoms with Crippen LogP contribution in [0.5, 0.6) is 0 Å². The van der Waals surface area contributed by atoms with Gasteiger partial charge in [0, 0.05) is 16.3 Å². The maximum absolute atomic E-state index is 3.31. The number of allylic oxidation sites excluding steroid dienone is 1. The fourth-order valence-electron chi connectivity index (χ4n) is 1.90. The van der Waals surface area contributed by atoms with Crippen LogP contribution >= 0.6 is 11.8 Å². The Kier molecular flexibility index (Phi) is 5.90. The summed E-state index contributed by atoms with van der Waals surface area (Å²) < 4.78 is 0. The van der Waals surface area contributed by atoms with Gasteiger partial charge in [-0.15, -0.1) is 0 Å². The van der Waals surface area contributed by atoms with E-state index in [9.17, 15) is 0 Å². The third-order valence-corrected chi connectivity index (χ3v) is 4.11. The normalized spacial score (nSPS) is 11.6. The lowest BCUT2D eigenvalue weighted by Crippen LogP contribution is -2.11. The molecule has 0 amide bonds. The van der Waals surface area contributed by atoms with E-state index in [1.807, 2.05) is 6.07 Å². The van der Waals surface area contributed by atoms with Gasteiger partial charge < -0.3 is 5.32 Å². The zero-order valence-corrected chi connectivity index (χ0v) is 12.9. The summed E-state index contributed by atoms with van der Waals surface area (Å²) in [6.07, 6.45) is 2.24. The van der Waals surface area contributed by atoms with Crippen LogP contribution in [0.3, 0.4) is 0 Å². The maximum Gasteiger partial charge on any atom is 0.0140 e. The Morgan fingerprint density at radius 3 is 2.30 bits per heavy atom. The van der Waals surface area contributed by atoms with Gasteiger partial charge in [-0.25, -0.2) is 0 Å². The summed E-state index contributed by atoms with van der Waals surface area (Å²) in [5.74, 6) is 0. The van der Waals surface area contributed by atoms with E-state index in [1.54, 1.807) is 11.8 Å². The summed E-state index contributed by atoms with van der Waals surface area (Å²) >= 11 is 1.80. The van der Waals surface area contributed by atoms with Crippen molar-refractivity contribution in [3.8, 4) is 0 Å². The molecule has 0 aliphatic carbocycles. The molecule has 0 fully saturated rings. The van der Waals surface area contributed by atoms with E-state index in [1.165, 1.54) is 20.9 Å². The molecule has 2 rings (SSSR count). The molecular formula is C18H21NS. The Balaban J connectivity index is 2.01. The summed E-state index contributed by atoms with van der Waals surface area (Å²) in [6, 6.07) is 19.3. The number of hydrogen-bond acceptors (Lipinski definition) is 2. The average molecular weight is 283 g/mol. The highest BCUT2D eigenvalue weighted by Crippen LogP contribution is 2.28. The van der Waals surface area contributed by atoms with E-state index in [0.29, 0.717) is 0 Å². The van der Waals surface area contributed by atoms with E-state index in [4.69, 9.17) is 0 Å². The Hall–Kier alpha value is -1.51. The molecule has 0 saturated carbocycles. The van der Waals surface area contributed by atoms with Crippen LogP contribution in [0.15, 0.2) is 70.5 Å². The van der Waals surface area contributed by atoms with Gasteiger partial charge in [-0.3, -0.25) is 0 Å². The van der Waals surface area contributed by atoms with Crippen molar-refractivity contribution in [3.05, 3.63) is 66.2 Å². The first kappa shape index (κ1) is 14.9. The van der Waals surface area contributed by atoms with Gasteiger partial charge in [0.1, 0.15) is 0 Å². The van der Waals surface area contributed by atoms with Crippen LogP contribution < -0.4 is 5.32 Å². The smallest absolute Gasteiger partial charge is 0.0140 e. The van der Waals surface area contributed by atoms with E-state index in [-0.39, 0.29) is 0 Å². The van der Waals surface area contributed by atoms with Crippen molar-refractivity contribution in [2.45, 2.75) is 23.6 Å². The molecule has 1 N–H and O–H groups in total. The molecule has 0 radical (unpaired) electrons. The van der Waals surface area contributed by atoms with E-state index < -0.39 is 0 Å². The molecule has 0 atom stereocenters. The summed E-state index contributed by atoms with van der Waals surface area (Å²) in [5, 5.41) is 3.31. The molecule has 0 spiro atoms. The Bertz CT molecular complexity index is 543. The summed E-state index contributed by atoms with van der Waals surface area (Å²) in [5.41, 5.74) is 2.61. The molecule has 1 nitrogen and oxygen atoms in total. The van der Waals surface area contributed by atoms with Crippen LogP contribution in [0.4, 0.5) is 0 Å². The Morgan fingerprint density at radius 2 is 1.65 bits per heavy atom. The minimum Gasteiger partial charge on any atom is -0.314 e. The predicted molar refractivity (Wildman–Crippen MR) is 89.2 cm³/mol. The molecule has 2 aromatic rings. The Labute approximate surface area is 126 Å². The second-order valence-corrected chi connectivity index (χ2v) is 5.78. The fourth-order valence-corrected chi connectivity index (χ4v) is 2.74. The molecule has 0 aliphatic heterocycles. The molecular weight excluding hydrogens is 262 g/mol. The third-order valence-electron chi connectivity index (χ3n) is 3.09. The minimum atomic E-state index is 0.933. The highest BCUT2D eigenvalue weighted by atomic mass is 32.2. The molecule has 2 heteroatoms. The van der Waals surface area contributed by atoms with Crippen molar-refractivity contribution in [2.75, 3.05) is 13.1 Å². The van der Waals surface area contributed by atoms with Crippen molar-refractivity contribution < 1.29 is 0 Å². The second-order valence-electron chi connectivity index (χ2n) is 4.63. The van der Waals surface area contributed by atoms with Crippen molar-refractivity contribution in [1.82, 2.24) is 5.32 Å². The lowest BCUT2D eigenvalue weighted by atomic mass is 10.1. The lowest BCUT2D eigenvalue weighted by Gasteiger charge is -2.05. The predicted octanol–water partition coefficient (Wildman–Crippen LogP) is 4.85. The third kappa shape index (κ3) is 4.55. The number of benzene rings is 2. The number of hydrogen-bond donors (Lipinski definition) is 1. The van der Waals surface area contributed by atoms with E-state index in [0.717, 1.165) is 13.1 Å². The fraction of sp³-hybridized carbons (Fsp3) is 0.222. The molecule has 2 aromatic carbocycles. The van der Waals surface area contributed by atoms with Crippen molar-refractivity contribution in [1.29, 1.82) is 0 Å². The second kappa shape index (κ2) is 7.93. The summed E-state index contributed by atoms with van der Waals surface area (Å²) in [4.78, 5) is 2.55. The number of nitrogens with one attached hydrogen (secondary N) is 1. The minimum absolute atomic E-state index is 0.933. The molecule has 20 heavy (non-hydrogen) atoms.